The van der Waals surface area contributed by atoms with Crippen molar-refractivity contribution < 1.29 is 9.84 Å². The highest BCUT2D eigenvalue weighted by Gasteiger charge is 2.18. The molecule has 0 saturated carbocycles. The summed E-state index contributed by atoms with van der Waals surface area (Å²) < 4.78 is 7.32. The lowest BCUT2D eigenvalue weighted by Crippen LogP contribution is -2.18. The zero-order chi connectivity index (χ0) is 14.7. The summed E-state index contributed by atoms with van der Waals surface area (Å²) in [6.45, 7) is 7.67. The van der Waals surface area contributed by atoms with Crippen LogP contribution in [0.15, 0.2) is 19.0 Å². The molecule has 3 N–H and O–H groups in total. The number of ether oxygens (including phenoxy) is 1. The van der Waals surface area contributed by atoms with E-state index in [1.54, 1.807) is 23.9 Å². The van der Waals surface area contributed by atoms with Crippen LogP contribution in [-0.2, 0) is 0 Å². The minimum Gasteiger partial charge on any atom is -0.476 e. The summed E-state index contributed by atoms with van der Waals surface area (Å²) in [6, 6.07) is -0.171. The van der Waals surface area contributed by atoms with Crippen molar-refractivity contribution in [2.75, 3.05) is 12.3 Å². The maximum atomic E-state index is 9.70. The van der Waals surface area contributed by atoms with Crippen LogP contribution in [0.5, 0.6) is 5.88 Å². The molecule has 0 radical (unpaired) electrons. The van der Waals surface area contributed by atoms with Crippen LogP contribution < -0.4 is 10.5 Å². The number of hydrogen-bond acceptors (Lipinski definition) is 6. The quantitative estimate of drug-likeness (QED) is 0.610. The molecule has 2 unspecified atom stereocenters. The molecule has 0 saturated heterocycles. The molecule has 0 aliphatic carbocycles. The van der Waals surface area contributed by atoms with Gasteiger partial charge in [-0.1, -0.05) is 6.08 Å². The molecule has 0 amide bonds. The third-order valence-electron chi connectivity index (χ3n) is 3.10. The standard InChI is InChI=1S/C13H19N5O2/c1-4-5-6-20-12-10-11(16-13(14)17-12)18(7-15-10)8(2)9(3)19/h4,7-9,19H,1,5-6H2,2-3H3,(H2,14,16,17). The molecule has 2 atom stereocenters. The summed E-state index contributed by atoms with van der Waals surface area (Å²) in [6.07, 6.45) is 3.54. The molecule has 2 heterocycles. The molecule has 2 rings (SSSR count). The largest absolute Gasteiger partial charge is 0.476 e. The first-order valence-corrected chi connectivity index (χ1v) is 6.46. The van der Waals surface area contributed by atoms with Gasteiger partial charge in [-0.2, -0.15) is 9.97 Å². The van der Waals surface area contributed by atoms with Crippen molar-refractivity contribution in [3.8, 4) is 5.88 Å². The topological polar surface area (TPSA) is 99.1 Å². The summed E-state index contributed by atoms with van der Waals surface area (Å²) in [7, 11) is 0. The summed E-state index contributed by atoms with van der Waals surface area (Å²) in [5, 5.41) is 9.70. The molecule has 2 aromatic heterocycles. The van der Waals surface area contributed by atoms with E-state index in [-0.39, 0.29) is 12.0 Å². The number of nitrogens with two attached hydrogens (primary N) is 1. The van der Waals surface area contributed by atoms with Gasteiger partial charge in [0.25, 0.3) is 0 Å². The lowest BCUT2D eigenvalue weighted by molar-refractivity contribution is 0.140. The van der Waals surface area contributed by atoms with Crippen LogP contribution in [-0.4, -0.2) is 37.3 Å². The summed E-state index contributed by atoms with van der Waals surface area (Å²) in [5.74, 6) is 0.469. The first kappa shape index (κ1) is 14.3. The Kier molecular flexibility index (Phi) is 4.19. The fourth-order valence-corrected chi connectivity index (χ4v) is 1.78. The van der Waals surface area contributed by atoms with Gasteiger partial charge < -0.3 is 20.1 Å². The number of fused-ring (bicyclic) bond motifs is 1. The molecule has 0 fully saturated rings. The Balaban J connectivity index is 2.43. The molecule has 0 aliphatic rings. The van der Waals surface area contributed by atoms with Crippen LogP contribution in [0.25, 0.3) is 11.2 Å². The average Bonchev–Trinajstić information content (AvgIpc) is 2.81. The molecular weight excluding hydrogens is 258 g/mol. The smallest absolute Gasteiger partial charge is 0.247 e. The van der Waals surface area contributed by atoms with Crippen LogP contribution >= 0.6 is 0 Å². The van der Waals surface area contributed by atoms with Gasteiger partial charge in [0.2, 0.25) is 11.8 Å². The van der Waals surface area contributed by atoms with E-state index in [4.69, 9.17) is 10.5 Å². The molecule has 7 heteroatoms. The Morgan fingerprint density at radius 1 is 1.50 bits per heavy atom. The predicted molar refractivity (Wildman–Crippen MR) is 76.4 cm³/mol. The lowest BCUT2D eigenvalue weighted by Gasteiger charge is -2.16. The molecule has 20 heavy (non-hydrogen) atoms. The van der Waals surface area contributed by atoms with Gasteiger partial charge in [0.15, 0.2) is 11.2 Å². The number of nitrogen functional groups attached to an aromatic ring is 1. The van der Waals surface area contributed by atoms with Crippen molar-refractivity contribution in [3.05, 3.63) is 19.0 Å². The lowest BCUT2D eigenvalue weighted by atomic mass is 10.2. The van der Waals surface area contributed by atoms with Gasteiger partial charge in [-0.3, -0.25) is 0 Å². The van der Waals surface area contributed by atoms with Gasteiger partial charge in [0.05, 0.1) is 25.1 Å². The third kappa shape index (κ3) is 2.72. The molecule has 0 spiro atoms. The second kappa shape index (κ2) is 5.87. The highest BCUT2D eigenvalue weighted by atomic mass is 16.5. The Morgan fingerprint density at radius 3 is 2.90 bits per heavy atom. The van der Waals surface area contributed by atoms with Crippen LogP contribution in [0.2, 0.25) is 0 Å². The fourth-order valence-electron chi connectivity index (χ4n) is 1.78. The molecule has 108 valence electrons. The number of anilines is 1. The second-order valence-corrected chi connectivity index (χ2v) is 4.62. The predicted octanol–water partition coefficient (Wildman–Crippen LogP) is 1.31. The van der Waals surface area contributed by atoms with Crippen molar-refractivity contribution >= 4 is 17.1 Å². The minimum atomic E-state index is -0.534. The fraction of sp³-hybridized carbons (Fsp3) is 0.462. The first-order chi connectivity index (χ1) is 9.54. The van der Waals surface area contributed by atoms with E-state index in [1.807, 2.05) is 6.92 Å². The summed E-state index contributed by atoms with van der Waals surface area (Å²) >= 11 is 0. The first-order valence-electron chi connectivity index (χ1n) is 6.46. The highest BCUT2D eigenvalue weighted by Crippen LogP contribution is 2.25. The number of aliphatic hydroxyl groups excluding tert-OH is 1. The monoisotopic (exact) mass is 277 g/mol. The zero-order valence-corrected chi connectivity index (χ0v) is 11.7. The van der Waals surface area contributed by atoms with Gasteiger partial charge in [-0.25, -0.2) is 4.98 Å². The van der Waals surface area contributed by atoms with Crippen molar-refractivity contribution in [1.29, 1.82) is 0 Å². The normalized spacial score (nSPS) is 14.2. The van der Waals surface area contributed by atoms with E-state index in [0.717, 1.165) is 0 Å². The van der Waals surface area contributed by atoms with Crippen molar-refractivity contribution in [3.63, 3.8) is 0 Å². The van der Waals surface area contributed by atoms with E-state index in [1.165, 1.54) is 0 Å². The Morgan fingerprint density at radius 2 is 2.25 bits per heavy atom. The number of rotatable bonds is 6. The van der Waals surface area contributed by atoms with E-state index >= 15 is 0 Å². The molecule has 2 aromatic rings. The zero-order valence-electron chi connectivity index (χ0n) is 11.7. The van der Waals surface area contributed by atoms with Gasteiger partial charge >= 0.3 is 0 Å². The maximum Gasteiger partial charge on any atom is 0.247 e. The van der Waals surface area contributed by atoms with E-state index in [9.17, 15) is 5.11 Å². The second-order valence-electron chi connectivity index (χ2n) is 4.62. The highest BCUT2D eigenvalue weighted by molar-refractivity contribution is 5.77. The number of aliphatic hydroxyl groups is 1. The molecule has 0 aliphatic heterocycles. The molecular formula is C13H19N5O2. The number of imidazole rings is 1. The summed E-state index contributed by atoms with van der Waals surface area (Å²) in [4.78, 5) is 12.5. The van der Waals surface area contributed by atoms with E-state index in [2.05, 4.69) is 21.5 Å². The number of aromatic nitrogens is 4. The Labute approximate surface area is 117 Å². The van der Waals surface area contributed by atoms with Crippen LogP contribution in [0.4, 0.5) is 5.95 Å². The molecule has 0 bridgehead atoms. The van der Waals surface area contributed by atoms with Crippen molar-refractivity contribution in [1.82, 2.24) is 19.5 Å². The Bertz CT molecular complexity index is 608. The van der Waals surface area contributed by atoms with Gasteiger partial charge in [0, 0.05) is 0 Å². The van der Waals surface area contributed by atoms with Crippen LogP contribution in [0, 0.1) is 0 Å². The number of hydrogen-bond donors (Lipinski definition) is 2. The Hall–Kier alpha value is -2.15. The van der Waals surface area contributed by atoms with Crippen LogP contribution in [0.3, 0.4) is 0 Å². The van der Waals surface area contributed by atoms with Gasteiger partial charge in [0.1, 0.15) is 0 Å². The van der Waals surface area contributed by atoms with Gasteiger partial charge in [-0.05, 0) is 20.3 Å². The van der Waals surface area contributed by atoms with Crippen molar-refractivity contribution in [2.45, 2.75) is 32.4 Å². The molecule has 7 nitrogen and oxygen atoms in total. The van der Waals surface area contributed by atoms with E-state index < -0.39 is 6.10 Å². The SMILES string of the molecule is C=CCCOc1nc(N)nc2c1ncn2C(C)C(C)O. The molecule has 0 aromatic carbocycles. The van der Waals surface area contributed by atoms with E-state index in [0.29, 0.717) is 30.1 Å². The van der Waals surface area contributed by atoms with Gasteiger partial charge in [-0.15, -0.1) is 6.58 Å². The maximum absolute atomic E-state index is 9.70. The summed E-state index contributed by atoms with van der Waals surface area (Å²) in [5.41, 5.74) is 6.80. The number of nitrogens with zero attached hydrogens (tertiary/aromatic N) is 4. The third-order valence-corrected chi connectivity index (χ3v) is 3.10. The minimum absolute atomic E-state index is 0.116. The van der Waals surface area contributed by atoms with Crippen molar-refractivity contribution in [2.24, 2.45) is 0 Å². The average molecular weight is 277 g/mol. The van der Waals surface area contributed by atoms with Crippen LogP contribution in [0.1, 0.15) is 26.3 Å².